The highest BCUT2D eigenvalue weighted by atomic mass is 19.4. The van der Waals surface area contributed by atoms with Gasteiger partial charge in [0.25, 0.3) is 0 Å². The molecular formula is C16H18F3N5. The first-order valence-corrected chi connectivity index (χ1v) is 7.71. The lowest BCUT2D eigenvalue weighted by atomic mass is 10.0. The van der Waals surface area contributed by atoms with E-state index in [1.807, 2.05) is 11.0 Å². The first kappa shape index (κ1) is 18.0. The van der Waals surface area contributed by atoms with Crippen LogP contribution in [0.4, 0.5) is 19.0 Å². The topological polar surface area (TPSA) is 67.0 Å². The summed E-state index contributed by atoms with van der Waals surface area (Å²) in [6, 6.07) is 6.71. The number of aromatic nitrogens is 1. The highest BCUT2D eigenvalue weighted by Gasteiger charge is 2.31. The number of nitrogens with zero attached hydrogens (tertiary/aromatic N) is 5. The van der Waals surface area contributed by atoms with Crippen LogP contribution in [-0.4, -0.2) is 42.6 Å². The van der Waals surface area contributed by atoms with Crippen molar-refractivity contribution in [3.05, 3.63) is 23.9 Å². The van der Waals surface area contributed by atoms with Crippen molar-refractivity contribution in [2.45, 2.75) is 19.0 Å². The van der Waals surface area contributed by atoms with Gasteiger partial charge in [0.05, 0.1) is 23.6 Å². The third-order valence-electron chi connectivity index (χ3n) is 4.04. The average Bonchev–Trinajstić information content (AvgIpc) is 2.58. The lowest BCUT2D eigenvalue weighted by Crippen LogP contribution is -2.48. The molecule has 2 rings (SSSR count). The van der Waals surface area contributed by atoms with Crippen LogP contribution in [0.3, 0.4) is 0 Å². The largest absolute Gasteiger partial charge is 0.417 e. The first-order chi connectivity index (χ1) is 11.4. The molecule has 8 heteroatoms. The Bertz CT molecular complexity index is 607. The van der Waals surface area contributed by atoms with Crippen LogP contribution in [0.5, 0.6) is 0 Å². The predicted molar refractivity (Wildman–Crippen MR) is 81.8 cm³/mol. The molecule has 0 radical (unpaired) electrons. The molecule has 0 saturated carbocycles. The van der Waals surface area contributed by atoms with Gasteiger partial charge < -0.3 is 4.90 Å². The zero-order valence-electron chi connectivity index (χ0n) is 13.1. The van der Waals surface area contributed by atoms with E-state index in [1.165, 1.54) is 6.07 Å². The molecule has 2 heterocycles. The zero-order chi connectivity index (χ0) is 17.6. The van der Waals surface area contributed by atoms with E-state index in [1.54, 1.807) is 0 Å². The Morgan fingerprint density at radius 1 is 1.17 bits per heavy atom. The second-order valence-electron chi connectivity index (χ2n) is 5.71. The second kappa shape index (κ2) is 7.98. The maximum Gasteiger partial charge on any atom is 0.417 e. The summed E-state index contributed by atoms with van der Waals surface area (Å²) in [4.78, 5) is 7.99. The summed E-state index contributed by atoms with van der Waals surface area (Å²) in [6.45, 7) is 3.34. The smallest absolute Gasteiger partial charge is 0.354 e. The Morgan fingerprint density at radius 2 is 1.88 bits per heavy atom. The van der Waals surface area contributed by atoms with Crippen LogP contribution < -0.4 is 4.90 Å². The Balaban J connectivity index is 1.86. The number of piperazine rings is 1. The van der Waals surface area contributed by atoms with Crippen molar-refractivity contribution >= 4 is 5.82 Å². The fourth-order valence-corrected chi connectivity index (χ4v) is 2.65. The minimum Gasteiger partial charge on any atom is -0.354 e. The molecule has 0 amide bonds. The summed E-state index contributed by atoms with van der Waals surface area (Å²) in [6.07, 6.45) is -2.59. The van der Waals surface area contributed by atoms with Crippen molar-refractivity contribution < 1.29 is 13.2 Å². The van der Waals surface area contributed by atoms with Crippen LogP contribution >= 0.6 is 0 Å². The van der Waals surface area contributed by atoms with E-state index in [4.69, 9.17) is 10.5 Å². The second-order valence-corrected chi connectivity index (χ2v) is 5.71. The molecule has 1 aromatic rings. The molecule has 1 aliphatic rings. The molecule has 1 atom stereocenters. The minimum atomic E-state index is -4.38. The molecule has 0 N–H and O–H groups in total. The molecule has 0 spiro atoms. The SMILES string of the molecule is N#CCC[C@@H](C#N)CN1CCN(c2ccc(C(F)(F)F)cn2)CC1. The summed E-state index contributed by atoms with van der Waals surface area (Å²) in [5.41, 5.74) is -0.751. The van der Waals surface area contributed by atoms with E-state index in [0.29, 0.717) is 51.4 Å². The quantitative estimate of drug-likeness (QED) is 0.826. The molecule has 128 valence electrons. The van der Waals surface area contributed by atoms with Gasteiger partial charge in [-0.1, -0.05) is 0 Å². The fraction of sp³-hybridized carbons (Fsp3) is 0.562. The number of hydrogen-bond donors (Lipinski definition) is 0. The van der Waals surface area contributed by atoms with Crippen LogP contribution in [0.15, 0.2) is 18.3 Å². The number of hydrogen-bond acceptors (Lipinski definition) is 5. The maximum atomic E-state index is 12.5. The number of anilines is 1. The molecule has 1 fully saturated rings. The van der Waals surface area contributed by atoms with E-state index in [9.17, 15) is 13.2 Å². The molecule has 0 aromatic carbocycles. The molecular weight excluding hydrogens is 319 g/mol. The number of pyridine rings is 1. The normalized spacial score (nSPS) is 17.1. The number of alkyl halides is 3. The van der Waals surface area contributed by atoms with Gasteiger partial charge in [-0.25, -0.2) is 4.98 Å². The standard InChI is InChI=1S/C16H18F3N5/c17-16(18,19)14-3-4-15(22-11-14)24-8-6-23(7-9-24)12-13(10-21)2-1-5-20/h3-4,11,13H,1-2,6-9,12H2/t13-/m0/s1. The maximum absolute atomic E-state index is 12.5. The summed E-state index contributed by atoms with van der Waals surface area (Å²) in [5.74, 6) is 0.365. The number of nitriles is 2. The summed E-state index contributed by atoms with van der Waals surface area (Å²) >= 11 is 0. The van der Waals surface area contributed by atoms with Crippen LogP contribution in [0.25, 0.3) is 0 Å². The van der Waals surface area contributed by atoms with Crippen LogP contribution in [0.1, 0.15) is 18.4 Å². The highest BCUT2D eigenvalue weighted by Crippen LogP contribution is 2.29. The molecule has 0 unspecified atom stereocenters. The van der Waals surface area contributed by atoms with Gasteiger partial charge in [0.15, 0.2) is 0 Å². The Labute approximate surface area is 138 Å². The van der Waals surface area contributed by atoms with E-state index < -0.39 is 11.7 Å². The lowest BCUT2D eigenvalue weighted by Gasteiger charge is -2.36. The van der Waals surface area contributed by atoms with Gasteiger partial charge in [-0.05, 0) is 18.6 Å². The van der Waals surface area contributed by atoms with Gasteiger partial charge in [-0.3, -0.25) is 4.90 Å². The van der Waals surface area contributed by atoms with E-state index in [2.05, 4.69) is 16.0 Å². The van der Waals surface area contributed by atoms with Gasteiger partial charge in [0.2, 0.25) is 0 Å². The minimum absolute atomic E-state index is 0.166. The summed E-state index contributed by atoms with van der Waals surface area (Å²) in [7, 11) is 0. The van der Waals surface area contributed by atoms with Gasteiger partial charge in [-0.2, -0.15) is 23.7 Å². The average molecular weight is 337 g/mol. The van der Waals surface area contributed by atoms with Crippen LogP contribution in [0.2, 0.25) is 0 Å². The Kier molecular flexibility index (Phi) is 5.99. The van der Waals surface area contributed by atoms with Gasteiger partial charge >= 0.3 is 6.18 Å². The Morgan fingerprint density at radius 3 is 2.38 bits per heavy atom. The van der Waals surface area contributed by atoms with Gasteiger partial charge in [0.1, 0.15) is 5.82 Å². The monoisotopic (exact) mass is 337 g/mol. The van der Waals surface area contributed by atoms with Crippen molar-refractivity contribution in [2.75, 3.05) is 37.6 Å². The van der Waals surface area contributed by atoms with Crippen molar-refractivity contribution in [3.8, 4) is 12.1 Å². The molecule has 5 nitrogen and oxygen atoms in total. The van der Waals surface area contributed by atoms with E-state index in [-0.39, 0.29) is 5.92 Å². The highest BCUT2D eigenvalue weighted by molar-refractivity contribution is 5.40. The van der Waals surface area contributed by atoms with Crippen molar-refractivity contribution in [1.29, 1.82) is 10.5 Å². The molecule has 1 saturated heterocycles. The molecule has 24 heavy (non-hydrogen) atoms. The van der Waals surface area contributed by atoms with Gasteiger partial charge in [-0.15, -0.1) is 0 Å². The molecule has 0 bridgehead atoms. The van der Waals surface area contributed by atoms with Crippen LogP contribution in [-0.2, 0) is 6.18 Å². The molecule has 0 aliphatic carbocycles. The first-order valence-electron chi connectivity index (χ1n) is 7.71. The fourth-order valence-electron chi connectivity index (χ4n) is 2.65. The zero-order valence-corrected chi connectivity index (χ0v) is 13.1. The van der Waals surface area contributed by atoms with Crippen molar-refractivity contribution in [3.63, 3.8) is 0 Å². The van der Waals surface area contributed by atoms with Crippen molar-refractivity contribution in [1.82, 2.24) is 9.88 Å². The number of rotatable bonds is 5. The summed E-state index contributed by atoms with van der Waals surface area (Å²) < 4.78 is 37.6. The van der Waals surface area contributed by atoms with Gasteiger partial charge in [0, 0.05) is 45.3 Å². The molecule has 1 aliphatic heterocycles. The third-order valence-corrected chi connectivity index (χ3v) is 4.04. The summed E-state index contributed by atoms with van der Waals surface area (Å²) in [5, 5.41) is 17.7. The van der Waals surface area contributed by atoms with E-state index in [0.717, 1.165) is 12.3 Å². The Hall–Kier alpha value is -2.32. The van der Waals surface area contributed by atoms with Crippen LogP contribution in [0, 0.1) is 28.6 Å². The van der Waals surface area contributed by atoms with Crippen molar-refractivity contribution in [2.24, 2.45) is 5.92 Å². The molecule has 1 aromatic heterocycles. The van der Waals surface area contributed by atoms with E-state index >= 15 is 0 Å². The lowest BCUT2D eigenvalue weighted by molar-refractivity contribution is -0.137. The number of halogens is 3. The third kappa shape index (κ3) is 4.84. The predicted octanol–water partition coefficient (Wildman–Crippen LogP) is 2.67.